The number of hydrogen-bond acceptors (Lipinski definition) is 6. The highest BCUT2D eigenvalue weighted by Crippen LogP contribution is 2.35. The van der Waals surface area contributed by atoms with Crippen LogP contribution in [0.3, 0.4) is 0 Å². The lowest BCUT2D eigenvalue weighted by Gasteiger charge is -2.18. The molecular weight excluding hydrogens is 362 g/mol. The maximum atomic E-state index is 13.3. The number of aromatic nitrogens is 2. The number of carbonyl (C=O) groups excluding carboxylic acids is 1. The van der Waals surface area contributed by atoms with Gasteiger partial charge in [-0.15, -0.1) is 11.3 Å². The van der Waals surface area contributed by atoms with E-state index < -0.39 is 0 Å². The monoisotopic (exact) mass is 391 g/mol. The zero-order valence-electron chi connectivity index (χ0n) is 16.9. The summed E-state index contributed by atoms with van der Waals surface area (Å²) in [4.78, 5) is 34.5. The molecule has 0 saturated heterocycles. The Morgan fingerprint density at radius 2 is 2.19 bits per heavy atom. The maximum Gasteiger partial charge on any atom is 0.326 e. The minimum Gasteiger partial charge on any atom is -0.461 e. The van der Waals surface area contributed by atoms with Crippen molar-refractivity contribution in [1.29, 1.82) is 0 Å². The van der Waals surface area contributed by atoms with Gasteiger partial charge < -0.3 is 9.64 Å². The third kappa shape index (κ3) is 4.24. The predicted molar refractivity (Wildman–Crippen MR) is 108 cm³/mol. The first kappa shape index (κ1) is 20.0. The van der Waals surface area contributed by atoms with Crippen LogP contribution >= 0.6 is 11.3 Å². The largest absolute Gasteiger partial charge is 0.461 e. The van der Waals surface area contributed by atoms with Crippen molar-refractivity contribution in [2.75, 3.05) is 14.1 Å². The fourth-order valence-electron chi connectivity index (χ4n) is 3.51. The molecule has 2 atom stereocenters. The standard InChI is InChI=1S/C20H29N3O3S/c1-6-13(3)26-17(24)11-23-16(10-22(4)5)21-19-18(20(23)25)14-8-7-12(2)9-15(14)27-19/h12-13H,6-11H2,1-5H3. The van der Waals surface area contributed by atoms with Gasteiger partial charge in [-0.2, -0.15) is 0 Å². The summed E-state index contributed by atoms with van der Waals surface area (Å²) in [5.41, 5.74) is 1.04. The quantitative estimate of drug-likeness (QED) is 0.709. The van der Waals surface area contributed by atoms with Crippen LogP contribution in [0.1, 0.15) is 49.9 Å². The van der Waals surface area contributed by atoms with Crippen LogP contribution in [0.2, 0.25) is 0 Å². The Kier molecular flexibility index (Phi) is 6.01. The molecule has 0 amide bonds. The van der Waals surface area contributed by atoms with Crippen LogP contribution in [0, 0.1) is 5.92 Å². The number of rotatable bonds is 6. The highest BCUT2D eigenvalue weighted by molar-refractivity contribution is 7.18. The number of esters is 1. The van der Waals surface area contributed by atoms with Gasteiger partial charge >= 0.3 is 5.97 Å². The molecule has 148 valence electrons. The van der Waals surface area contributed by atoms with Crippen LogP contribution in [-0.2, 0) is 35.5 Å². The van der Waals surface area contributed by atoms with Crippen LogP contribution < -0.4 is 5.56 Å². The third-order valence-corrected chi connectivity index (χ3v) is 6.29. The molecule has 0 radical (unpaired) electrons. The molecule has 27 heavy (non-hydrogen) atoms. The summed E-state index contributed by atoms with van der Waals surface area (Å²) in [5, 5.41) is 0.709. The molecule has 2 unspecified atom stereocenters. The van der Waals surface area contributed by atoms with Crippen molar-refractivity contribution < 1.29 is 9.53 Å². The van der Waals surface area contributed by atoms with Crippen molar-refractivity contribution in [1.82, 2.24) is 14.5 Å². The van der Waals surface area contributed by atoms with E-state index >= 15 is 0 Å². The molecule has 0 aliphatic heterocycles. The minimum atomic E-state index is -0.384. The molecule has 2 heterocycles. The molecule has 0 aromatic carbocycles. The molecule has 0 spiro atoms. The SMILES string of the molecule is CCC(C)OC(=O)Cn1c(CN(C)C)nc2sc3c(c2c1=O)CCC(C)C3. The van der Waals surface area contributed by atoms with Gasteiger partial charge in [-0.05, 0) is 58.2 Å². The van der Waals surface area contributed by atoms with Crippen molar-refractivity contribution in [3.8, 4) is 0 Å². The second kappa shape index (κ2) is 8.10. The third-order valence-electron chi connectivity index (χ3n) is 5.15. The van der Waals surface area contributed by atoms with Gasteiger partial charge in [0.25, 0.3) is 5.56 Å². The number of thiophene rings is 1. The molecule has 7 heteroatoms. The molecule has 1 aliphatic rings. The summed E-state index contributed by atoms with van der Waals surface area (Å²) in [7, 11) is 3.86. The van der Waals surface area contributed by atoms with Crippen molar-refractivity contribution in [3.05, 3.63) is 26.6 Å². The zero-order valence-corrected chi connectivity index (χ0v) is 17.7. The molecule has 6 nitrogen and oxygen atoms in total. The number of carbonyl (C=O) groups is 1. The molecule has 0 saturated carbocycles. The molecule has 2 aromatic heterocycles. The number of ether oxygens (including phenoxy) is 1. The Labute approximate surface area is 164 Å². The van der Waals surface area contributed by atoms with E-state index in [1.54, 1.807) is 11.3 Å². The van der Waals surface area contributed by atoms with E-state index in [1.807, 2.05) is 32.8 Å². The summed E-state index contributed by atoms with van der Waals surface area (Å²) in [5.74, 6) is 0.870. The van der Waals surface area contributed by atoms with E-state index in [4.69, 9.17) is 9.72 Å². The van der Waals surface area contributed by atoms with Crippen LogP contribution in [-0.4, -0.2) is 40.6 Å². The van der Waals surface area contributed by atoms with E-state index in [9.17, 15) is 9.59 Å². The Balaban J connectivity index is 2.07. The van der Waals surface area contributed by atoms with Gasteiger partial charge in [-0.3, -0.25) is 14.2 Å². The summed E-state index contributed by atoms with van der Waals surface area (Å²) >= 11 is 1.64. The number of aryl methyl sites for hydroxylation is 1. The molecule has 0 bridgehead atoms. The number of nitrogens with zero attached hydrogens (tertiary/aromatic N) is 3. The van der Waals surface area contributed by atoms with E-state index in [-0.39, 0.29) is 24.2 Å². The summed E-state index contributed by atoms with van der Waals surface area (Å²) < 4.78 is 6.91. The highest BCUT2D eigenvalue weighted by Gasteiger charge is 2.25. The van der Waals surface area contributed by atoms with Gasteiger partial charge in [0.2, 0.25) is 0 Å². The van der Waals surface area contributed by atoms with E-state index in [0.29, 0.717) is 23.7 Å². The zero-order chi connectivity index (χ0) is 19.7. The van der Waals surface area contributed by atoms with E-state index in [1.165, 1.54) is 9.44 Å². The van der Waals surface area contributed by atoms with Crippen molar-refractivity contribution in [2.24, 2.45) is 5.92 Å². The summed E-state index contributed by atoms with van der Waals surface area (Å²) in [6.07, 6.45) is 3.61. The number of fused-ring (bicyclic) bond motifs is 3. The first-order valence-electron chi connectivity index (χ1n) is 9.68. The number of hydrogen-bond donors (Lipinski definition) is 0. The van der Waals surface area contributed by atoms with Crippen LogP contribution in [0.25, 0.3) is 10.2 Å². The lowest BCUT2D eigenvalue weighted by molar-refractivity contribution is -0.149. The lowest BCUT2D eigenvalue weighted by Crippen LogP contribution is -2.32. The van der Waals surface area contributed by atoms with Crippen molar-refractivity contribution in [2.45, 2.75) is 65.6 Å². The van der Waals surface area contributed by atoms with E-state index in [0.717, 1.165) is 36.1 Å². The smallest absolute Gasteiger partial charge is 0.326 e. The average molecular weight is 392 g/mol. The normalized spacial score (nSPS) is 17.9. The topological polar surface area (TPSA) is 64.4 Å². The van der Waals surface area contributed by atoms with Gasteiger partial charge in [0.1, 0.15) is 17.2 Å². The van der Waals surface area contributed by atoms with E-state index in [2.05, 4.69) is 6.92 Å². The van der Waals surface area contributed by atoms with Crippen LogP contribution in [0.15, 0.2) is 4.79 Å². The minimum absolute atomic E-state index is 0.0870. The van der Waals surface area contributed by atoms with Gasteiger partial charge in [0.15, 0.2) is 0 Å². The fourth-order valence-corrected chi connectivity index (χ4v) is 4.90. The molecule has 1 aliphatic carbocycles. The van der Waals surface area contributed by atoms with Gasteiger partial charge in [-0.1, -0.05) is 13.8 Å². The van der Waals surface area contributed by atoms with Crippen molar-refractivity contribution in [3.63, 3.8) is 0 Å². The Hall–Kier alpha value is -1.73. The fraction of sp³-hybridized carbons (Fsp3) is 0.650. The Bertz CT molecular complexity index is 900. The van der Waals surface area contributed by atoms with Crippen molar-refractivity contribution >= 4 is 27.5 Å². The van der Waals surface area contributed by atoms with Gasteiger partial charge in [0, 0.05) is 4.88 Å². The second-order valence-corrected chi connectivity index (χ2v) is 8.98. The average Bonchev–Trinajstić information content (AvgIpc) is 2.94. The lowest BCUT2D eigenvalue weighted by atomic mass is 9.89. The van der Waals surface area contributed by atoms with Gasteiger partial charge in [-0.25, -0.2) is 4.98 Å². The predicted octanol–water partition coefficient (Wildman–Crippen LogP) is 2.99. The Morgan fingerprint density at radius 1 is 1.44 bits per heavy atom. The van der Waals surface area contributed by atoms with Crippen LogP contribution in [0.4, 0.5) is 0 Å². The maximum absolute atomic E-state index is 13.3. The summed E-state index contributed by atoms with van der Waals surface area (Å²) in [6, 6.07) is 0. The summed E-state index contributed by atoms with van der Waals surface area (Å²) in [6.45, 7) is 6.49. The molecular formula is C20H29N3O3S. The molecule has 3 rings (SSSR count). The first-order chi connectivity index (χ1) is 12.8. The molecule has 0 N–H and O–H groups in total. The van der Waals surface area contributed by atoms with Crippen LogP contribution in [0.5, 0.6) is 0 Å². The van der Waals surface area contributed by atoms with Gasteiger partial charge in [0.05, 0.1) is 18.0 Å². The molecule has 0 fully saturated rings. The molecule has 2 aromatic rings. The first-order valence-corrected chi connectivity index (χ1v) is 10.5. The second-order valence-electron chi connectivity index (χ2n) is 7.90. The highest BCUT2D eigenvalue weighted by atomic mass is 32.1. The Morgan fingerprint density at radius 3 is 2.85 bits per heavy atom.